The van der Waals surface area contributed by atoms with E-state index in [-0.39, 0.29) is 4.90 Å². The zero-order chi connectivity index (χ0) is 15.6. The number of nitrogen functional groups attached to an aromatic ring is 1. The standard InChI is InChI=1S/C14H15FN2O3S/c1-17(11-7-3-4-8-12(11)20-2)21(18,19)13-9-5-6-10(15)14(13)16/h3-9H,16H2,1-2H3. The average molecular weight is 310 g/mol. The van der Waals surface area contributed by atoms with E-state index >= 15 is 0 Å². The number of nitrogens with two attached hydrogens (primary N) is 1. The average Bonchev–Trinajstić information content (AvgIpc) is 2.49. The Balaban J connectivity index is 2.56. The highest BCUT2D eigenvalue weighted by Crippen LogP contribution is 2.32. The fourth-order valence-electron chi connectivity index (χ4n) is 1.91. The van der Waals surface area contributed by atoms with E-state index in [2.05, 4.69) is 0 Å². The molecule has 5 nitrogen and oxygen atoms in total. The SMILES string of the molecule is COc1ccccc1N(C)S(=O)(=O)c1cccc(F)c1N. The predicted molar refractivity (Wildman–Crippen MR) is 79.4 cm³/mol. The number of rotatable bonds is 4. The van der Waals surface area contributed by atoms with Gasteiger partial charge in [-0.2, -0.15) is 0 Å². The van der Waals surface area contributed by atoms with Gasteiger partial charge in [-0.3, -0.25) is 4.31 Å². The lowest BCUT2D eigenvalue weighted by atomic mass is 10.3. The van der Waals surface area contributed by atoms with Crippen LogP contribution in [0.4, 0.5) is 15.8 Å². The molecule has 0 aliphatic rings. The van der Waals surface area contributed by atoms with Crippen molar-refractivity contribution in [3.8, 4) is 5.75 Å². The lowest BCUT2D eigenvalue weighted by molar-refractivity contribution is 0.416. The fraction of sp³-hybridized carbons (Fsp3) is 0.143. The van der Waals surface area contributed by atoms with Crippen molar-refractivity contribution in [2.24, 2.45) is 0 Å². The normalized spacial score (nSPS) is 11.2. The molecule has 2 rings (SSSR count). The molecule has 0 heterocycles. The van der Waals surface area contributed by atoms with Crippen LogP contribution in [0, 0.1) is 5.82 Å². The lowest BCUT2D eigenvalue weighted by Crippen LogP contribution is -2.27. The van der Waals surface area contributed by atoms with Crippen LogP contribution >= 0.6 is 0 Å². The highest BCUT2D eigenvalue weighted by atomic mass is 32.2. The van der Waals surface area contributed by atoms with Crippen molar-refractivity contribution in [2.45, 2.75) is 4.90 Å². The van der Waals surface area contributed by atoms with E-state index in [9.17, 15) is 12.8 Å². The number of benzene rings is 2. The third-order valence-electron chi connectivity index (χ3n) is 3.08. The summed E-state index contributed by atoms with van der Waals surface area (Å²) in [6.07, 6.45) is 0. The summed E-state index contributed by atoms with van der Waals surface area (Å²) in [4.78, 5) is -0.282. The van der Waals surface area contributed by atoms with Gasteiger partial charge < -0.3 is 10.5 Å². The van der Waals surface area contributed by atoms with Crippen LogP contribution in [-0.2, 0) is 10.0 Å². The quantitative estimate of drug-likeness (QED) is 0.879. The molecule has 0 saturated carbocycles. The number of methoxy groups -OCH3 is 1. The van der Waals surface area contributed by atoms with Crippen molar-refractivity contribution in [1.29, 1.82) is 0 Å². The summed E-state index contributed by atoms with van der Waals surface area (Å²) in [7, 11) is -1.19. The molecule has 112 valence electrons. The molecule has 0 aliphatic carbocycles. The Labute approximate surface area is 122 Å². The highest BCUT2D eigenvalue weighted by Gasteiger charge is 2.26. The Morgan fingerprint density at radius 1 is 1.14 bits per heavy atom. The summed E-state index contributed by atoms with van der Waals surface area (Å²) in [5.41, 5.74) is 5.48. The van der Waals surface area contributed by atoms with Crippen LogP contribution in [-0.4, -0.2) is 22.6 Å². The first-order chi connectivity index (χ1) is 9.89. The van der Waals surface area contributed by atoms with Gasteiger partial charge in [-0.05, 0) is 24.3 Å². The van der Waals surface area contributed by atoms with Crippen LogP contribution in [0.2, 0.25) is 0 Å². The number of hydrogen-bond acceptors (Lipinski definition) is 4. The number of anilines is 2. The van der Waals surface area contributed by atoms with Gasteiger partial charge in [0.05, 0.1) is 18.5 Å². The number of ether oxygens (including phenoxy) is 1. The second-order valence-corrected chi connectivity index (χ2v) is 6.23. The molecule has 0 unspecified atom stereocenters. The molecule has 0 bridgehead atoms. The number of para-hydroxylation sites is 3. The second-order valence-electron chi connectivity index (χ2n) is 4.30. The molecule has 0 saturated heterocycles. The van der Waals surface area contributed by atoms with Crippen LogP contribution in [0.5, 0.6) is 5.75 Å². The van der Waals surface area contributed by atoms with Gasteiger partial charge in [0.15, 0.2) is 0 Å². The van der Waals surface area contributed by atoms with Gasteiger partial charge in [0.25, 0.3) is 10.0 Å². The largest absolute Gasteiger partial charge is 0.495 e. The van der Waals surface area contributed by atoms with Gasteiger partial charge in [-0.1, -0.05) is 18.2 Å². The molecule has 0 fully saturated rings. The Bertz CT molecular complexity index is 763. The molecule has 0 spiro atoms. The number of hydrogen-bond donors (Lipinski definition) is 1. The van der Waals surface area contributed by atoms with Crippen LogP contribution in [0.25, 0.3) is 0 Å². The minimum absolute atomic E-state index is 0.282. The highest BCUT2D eigenvalue weighted by molar-refractivity contribution is 7.93. The van der Waals surface area contributed by atoms with Gasteiger partial charge in [0, 0.05) is 7.05 Å². The smallest absolute Gasteiger partial charge is 0.266 e. The van der Waals surface area contributed by atoms with Gasteiger partial charge in [0.2, 0.25) is 0 Å². The Morgan fingerprint density at radius 3 is 2.48 bits per heavy atom. The molecule has 0 aromatic heterocycles. The second kappa shape index (κ2) is 5.61. The molecular formula is C14H15FN2O3S. The first-order valence-electron chi connectivity index (χ1n) is 6.05. The van der Waals surface area contributed by atoms with Crippen LogP contribution in [0.3, 0.4) is 0 Å². The summed E-state index contributed by atoms with van der Waals surface area (Å²) < 4.78 is 44.8. The third-order valence-corrected chi connectivity index (χ3v) is 4.91. The van der Waals surface area contributed by atoms with E-state index in [0.29, 0.717) is 11.4 Å². The van der Waals surface area contributed by atoms with Crippen molar-refractivity contribution < 1.29 is 17.5 Å². The molecule has 21 heavy (non-hydrogen) atoms. The minimum atomic E-state index is -3.99. The van der Waals surface area contributed by atoms with E-state index in [1.165, 1.54) is 26.3 Å². The molecule has 2 aromatic rings. The summed E-state index contributed by atoms with van der Waals surface area (Å²) in [5, 5.41) is 0. The van der Waals surface area contributed by atoms with Gasteiger partial charge in [-0.25, -0.2) is 12.8 Å². The van der Waals surface area contributed by atoms with E-state index in [0.717, 1.165) is 10.4 Å². The molecule has 2 aromatic carbocycles. The van der Waals surface area contributed by atoms with E-state index in [1.807, 2.05) is 0 Å². The van der Waals surface area contributed by atoms with Crippen LogP contribution in [0.15, 0.2) is 47.4 Å². The number of nitrogens with zero attached hydrogens (tertiary/aromatic N) is 1. The van der Waals surface area contributed by atoms with Crippen molar-refractivity contribution in [1.82, 2.24) is 0 Å². The first kappa shape index (κ1) is 15.1. The van der Waals surface area contributed by atoms with Crippen molar-refractivity contribution in [3.05, 3.63) is 48.3 Å². The zero-order valence-corrected chi connectivity index (χ0v) is 12.4. The molecular weight excluding hydrogens is 295 g/mol. The Morgan fingerprint density at radius 2 is 1.81 bits per heavy atom. The number of halogens is 1. The van der Waals surface area contributed by atoms with Gasteiger partial charge in [0.1, 0.15) is 16.5 Å². The van der Waals surface area contributed by atoms with Crippen molar-refractivity contribution >= 4 is 21.4 Å². The summed E-state index contributed by atoms with van der Waals surface area (Å²) in [6.45, 7) is 0. The number of sulfonamides is 1. The molecule has 0 aliphatic heterocycles. The minimum Gasteiger partial charge on any atom is -0.495 e. The monoisotopic (exact) mass is 310 g/mol. The molecule has 2 N–H and O–H groups in total. The van der Waals surface area contributed by atoms with E-state index in [1.54, 1.807) is 24.3 Å². The first-order valence-corrected chi connectivity index (χ1v) is 7.49. The molecule has 0 radical (unpaired) electrons. The van der Waals surface area contributed by atoms with E-state index < -0.39 is 21.5 Å². The maximum Gasteiger partial charge on any atom is 0.266 e. The Kier molecular flexibility index (Phi) is 4.04. The third kappa shape index (κ3) is 2.64. The van der Waals surface area contributed by atoms with Gasteiger partial charge >= 0.3 is 0 Å². The van der Waals surface area contributed by atoms with Crippen LogP contribution < -0.4 is 14.8 Å². The molecule has 0 amide bonds. The summed E-state index contributed by atoms with van der Waals surface area (Å²) in [6, 6.07) is 10.3. The lowest BCUT2D eigenvalue weighted by Gasteiger charge is -2.22. The maximum atomic E-state index is 13.5. The summed E-state index contributed by atoms with van der Waals surface area (Å²) in [5.74, 6) is -0.386. The Hall–Kier alpha value is -2.28. The van der Waals surface area contributed by atoms with Gasteiger partial charge in [-0.15, -0.1) is 0 Å². The van der Waals surface area contributed by atoms with E-state index in [4.69, 9.17) is 10.5 Å². The van der Waals surface area contributed by atoms with Crippen LogP contribution in [0.1, 0.15) is 0 Å². The zero-order valence-electron chi connectivity index (χ0n) is 11.6. The summed E-state index contributed by atoms with van der Waals surface area (Å²) >= 11 is 0. The maximum absolute atomic E-state index is 13.5. The molecule has 7 heteroatoms. The van der Waals surface area contributed by atoms with Crippen molar-refractivity contribution in [2.75, 3.05) is 24.2 Å². The van der Waals surface area contributed by atoms with Crippen molar-refractivity contribution in [3.63, 3.8) is 0 Å². The predicted octanol–water partition coefficient (Wildman–Crippen LogP) is 2.24. The fourth-order valence-corrected chi connectivity index (χ4v) is 3.24. The molecule has 0 atom stereocenters. The topological polar surface area (TPSA) is 72.6 Å².